The van der Waals surface area contributed by atoms with E-state index in [4.69, 9.17) is 16.1 Å². The first-order valence-electron chi connectivity index (χ1n) is 12.3. The van der Waals surface area contributed by atoms with Gasteiger partial charge in [-0.05, 0) is 58.0 Å². The van der Waals surface area contributed by atoms with Gasteiger partial charge < -0.3 is 20.5 Å². The van der Waals surface area contributed by atoms with Crippen molar-refractivity contribution in [3.8, 4) is 0 Å². The molecule has 4 amide bonds. The Morgan fingerprint density at radius 3 is 2.23 bits per heavy atom. The number of aromatic nitrogens is 1. The number of aryl methyl sites for hydroxylation is 1. The molecule has 0 saturated carbocycles. The van der Waals surface area contributed by atoms with E-state index in [0.29, 0.717) is 27.7 Å². The largest absolute Gasteiger partial charge is 0.360 e. The third kappa shape index (κ3) is 8.41. The molecule has 10 nitrogen and oxygen atoms in total. The van der Waals surface area contributed by atoms with Gasteiger partial charge in [0.1, 0.15) is 11.8 Å². The number of amides is 4. The minimum absolute atomic E-state index is 0.165. The maximum atomic E-state index is 13.8. The van der Waals surface area contributed by atoms with Crippen LogP contribution >= 0.6 is 11.6 Å². The molecule has 0 radical (unpaired) electrons. The van der Waals surface area contributed by atoms with Crippen molar-refractivity contribution < 1.29 is 23.7 Å². The van der Waals surface area contributed by atoms with Gasteiger partial charge in [-0.15, -0.1) is 0 Å². The summed E-state index contributed by atoms with van der Waals surface area (Å²) in [5.41, 5.74) is 0.726. The Morgan fingerprint density at radius 1 is 1.00 bits per heavy atom. The number of hydrogen-bond donors (Lipinski definition) is 3. The molecule has 0 saturated heterocycles. The Labute approximate surface area is 232 Å². The molecule has 1 atom stereocenters. The number of rotatable bonds is 9. The standard InChI is InChI=1S/C28H32ClN5O5/c1-17-16-23(33-39-17)31-24(36)14-15-25(37)34(20-12-10-19(11-13-20)30-18(2)35)26(27(38)32-28(3,4)5)21-8-6-7-9-22(21)29/h6-13,16,26H,14-15H2,1-5H3,(H,30,35)(H,32,38)(H,31,33,36)/t26-/m1/s1. The number of benzene rings is 2. The van der Waals surface area contributed by atoms with Gasteiger partial charge in [0, 0.05) is 53.3 Å². The van der Waals surface area contributed by atoms with E-state index in [1.807, 2.05) is 20.8 Å². The number of carbonyl (C=O) groups is 4. The summed E-state index contributed by atoms with van der Waals surface area (Å²) in [5.74, 6) is -0.842. The molecular weight excluding hydrogens is 522 g/mol. The fourth-order valence-corrected chi connectivity index (χ4v) is 4.09. The lowest BCUT2D eigenvalue weighted by Gasteiger charge is -2.34. The molecule has 0 fully saturated rings. The number of hydrogen-bond acceptors (Lipinski definition) is 6. The van der Waals surface area contributed by atoms with Crippen molar-refractivity contribution in [1.29, 1.82) is 0 Å². The van der Waals surface area contributed by atoms with Crippen LogP contribution in [0.3, 0.4) is 0 Å². The van der Waals surface area contributed by atoms with Crippen LogP contribution in [0.5, 0.6) is 0 Å². The molecule has 0 bridgehead atoms. The first kappa shape index (κ1) is 29.4. The second-order valence-corrected chi connectivity index (χ2v) is 10.4. The lowest BCUT2D eigenvalue weighted by molar-refractivity contribution is -0.128. The van der Waals surface area contributed by atoms with Crippen LogP contribution in [0.2, 0.25) is 5.02 Å². The van der Waals surface area contributed by atoms with Crippen LogP contribution in [0, 0.1) is 6.92 Å². The average molecular weight is 554 g/mol. The smallest absolute Gasteiger partial charge is 0.248 e. The van der Waals surface area contributed by atoms with E-state index < -0.39 is 29.3 Å². The highest BCUT2D eigenvalue weighted by atomic mass is 35.5. The van der Waals surface area contributed by atoms with Gasteiger partial charge in [-0.3, -0.25) is 24.1 Å². The van der Waals surface area contributed by atoms with Crippen molar-refractivity contribution >= 4 is 52.4 Å². The summed E-state index contributed by atoms with van der Waals surface area (Å²) >= 11 is 6.53. The molecule has 3 rings (SSSR count). The SMILES string of the molecule is CC(=O)Nc1ccc(N(C(=O)CCC(=O)Nc2cc(C)on2)[C@@H](C(=O)NC(C)(C)C)c2ccccc2Cl)cc1. The second-order valence-electron chi connectivity index (χ2n) is 10.0. The summed E-state index contributed by atoms with van der Waals surface area (Å²) in [4.78, 5) is 52.8. The van der Waals surface area contributed by atoms with Gasteiger partial charge in [0.05, 0.1) is 0 Å². The molecule has 3 aromatic rings. The van der Waals surface area contributed by atoms with Crippen molar-refractivity contribution in [3.63, 3.8) is 0 Å². The summed E-state index contributed by atoms with van der Waals surface area (Å²) in [6, 6.07) is 13.7. The second kappa shape index (κ2) is 12.6. The zero-order valence-electron chi connectivity index (χ0n) is 22.5. The highest BCUT2D eigenvalue weighted by molar-refractivity contribution is 6.31. The van der Waals surface area contributed by atoms with Crippen LogP contribution in [-0.2, 0) is 19.2 Å². The number of anilines is 3. The Hall–Kier alpha value is -4.18. The van der Waals surface area contributed by atoms with Crippen molar-refractivity contribution in [2.75, 3.05) is 15.5 Å². The Morgan fingerprint density at radius 2 is 1.67 bits per heavy atom. The van der Waals surface area contributed by atoms with Gasteiger partial charge in [0.25, 0.3) is 0 Å². The number of carbonyl (C=O) groups excluding carboxylic acids is 4. The van der Waals surface area contributed by atoms with Gasteiger partial charge in [-0.25, -0.2) is 0 Å². The molecule has 0 aliphatic carbocycles. The van der Waals surface area contributed by atoms with Crippen molar-refractivity contribution in [3.05, 3.63) is 70.9 Å². The Bertz CT molecular complexity index is 1350. The Balaban J connectivity index is 1.99. The molecule has 3 N–H and O–H groups in total. The maximum absolute atomic E-state index is 13.8. The first-order valence-corrected chi connectivity index (χ1v) is 12.7. The van der Waals surface area contributed by atoms with E-state index >= 15 is 0 Å². The van der Waals surface area contributed by atoms with E-state index in [-0.39, 0.29) is 24.6 Å². The van der Waals surface area contributed by atoms with E-state index in [2.05, 4.69) is 21.1 Å². The van der Waals surface area contributed by atoms with Crippen LogP contribution in [0.1, 0.15) is 57.9 Å². The van der Waals surface area contributed by atoms with Gasteiger partial charge in [-0.2, -0.15) is 0 Å². The lowest BCUT2D eigenvalue weighted by Crippen LogP contribution is -2.49. The van der Waals surface area contributed by atoms with Crippen LogP contribution in [0.15, 0.2) is 59.1 Å². The van der Waals surface area contributed by atoms with Crippen LogP contribution in [0.4, 0.5) is 17.2 Å². The molecule has 11 heteroatoms. The first-order chi connectivity index (χ1) is 18.3. The van der Waals surface area contributed by atoms with E-state index in [1.54, 1.807) is 61.5 Å². The topological polar surface area (TPSA) is 134 Å². The quantitative estimate of drug-likeness (QED) is 0.341. The van der Waals surface area contributed by atoms with Crippen molar-refractivity contribution in [1.82, 2.24) is 10.5 Å². The van der Waals surface area contributed by atoms with Crippen molar-refractivity contribution in [2.45, 2.75) is 59.0 Å². The zero-order valence-corrected chi connectivity index (χ0v) is 23.3. The molecule has 39 heavy (non-hydrogen) atoms. The molecule has 2 aromatic carbocycles. The summed E-state index contributed by atoms with van der Waals surface area (Å²) in [6.45, 7) is 8.58. The molecule has 206 valence electrons. The third-order valence-corrected chi connectivity index (χ3v) is 5.74. The van der Waals surface area contributed by atoms with Gasteiger partial charge >= 0.3 is 0 Å². The minimum atomic E-state index is -1.14. The molecule has 0 aliphatic rings. The maximum Gasteiger partial charge on any atom is 0.248 e. The van der Waals surface area contributed by atoms with Gasteiger partial charge in [0.15, 0.2) is 5.82 Å². The van der Waals surface area contributed by atoms with Crippen molar-refractivity contribution in [2.24, 2.45) is 0 Å². The fourth-order valence-electron chi connectivity index (χ4n) is 3.85. The van der Waals surface area contributed by atoms with E-state index in [1.165, 1.54) is 11.8 Å². The van der Waals surface area contributed by atoms with Crippen LogP contribution in [0.25, 0.3) is 0 Å². The molecular formula is C28H32ClN5O5. The zero-order chi connectivity index (χ0) is 28.7. The molecule has 0 aliphatic heterocycles. The molecule has 0 spiro atoms. The fraction of sp³-hybridized carbons (Fsp3) is 0.321. The lowest BCUT2D eigenvalue weighted by atomic mass is 10.00. The highest BCUT2D eigenvalue weighted by Crippen LogP contribution is 2.34. The molecule has 1 heterocycles. The minimum Gasteiger partial charge on any atom is -0.360 e. The summed E-state index contributed by atoms with van der Waals surface area (Å²) in [7, 11) is 0. The number of halogens is 1. The molecule has 1 aromatic heterocycles. The van der Waals surface area contributed by atoms with Gasteiger partial charge in [0.2, 0.25) is 23.6 Å². The summed E-state index contributed by atoms with van der Waals surface area (Å²) in [5, 5.41) is 12.2. The summed E-state index contributed by atoms with van der Waals surface area (Å²) in [6.07, 6.45) is -0.374. The van der Waals surface area contributed by atoms with Crippen LogP contribution < -0.4 is 20.9 Å². The summed E-state index contributed by atoms with van der Waals surface area (Å²) < 4.78 is 4.96. The Kier molecular flexibility index (Phi) is 9.47. The predicted molar refractivity (Wildman–Crippen MR) is 149 cm³/mol. The normalized spacial score (nSPS) is 11.8. The number of nitrogens with one attached hydrogen (secondary N) is 3. The number of nitrogens with zero attached hydrogens (tertiary/aromatic N) is 2. The van der Waals surface area contributed by atoms with E-state index in [9.17, 15) is 19.2 Å². The van der Waals surface area contributed by atoms with E-state index in [0.717, 1.165) is 0 Å². The van der Waals surface area contributed by atoms with Gasteiger partial charge in [-0.1, -0.05) is 35.0 Å². The van der Waals surface area contributed by atoms with Crippen LogP contribution in [-0.4, -0.2) is 34.3 Å². The predicted octanol–water partition coefficient (Wildman–Crippen LogP) is 5.00. The monoisotopic (exact) mass is 553 g/mol. The average Bonchev–Trinajstić information content (AvgIpc) is 3.25. The molecule has 0 unspecified atom stereocenters. The third-order valence-electron chi connectivity index (χ3n) is 5.40. The highest BCUT2D eigenvalue weighted by Gasteiger charge is 2.35.